The number of rotatable bonds is 6. The van der Waals surface area contributed by atoms with Crippen molar-refractivity contribution in [3.05, 3.63) is 24.3 Å². The zero-order valence-electron chi connectivity index (χ0n) is 17.5. The van der Waals surface area contributed by atoms with Crippen molar-refractivity contribution in [3.63, 3.8) is 0 Å². The van der Waals surface area contributed by atoms with E-state index in [1.807, 2.05) is 6.92 Å². The van der Waals surface area contributed by atoms with Gasteiger partial charge in [0.1, 0.15) is 6.04 Å². The quantitative estimate of drug-likeness (QED) is 0.675. The van der Waals surface area contributed by atoms with E-state index in [0.717, 1.165) is 25.6 Å². The number of benzene rings is 1. The van der Waals surface area contributed by atoms with Crippen molar-refractivity contribution < 1.29 is 21.6 Å². The number of sulfonamides is 2. The van der Waals surface area contributed by atoms with Crippen LogP contribution in [0, 0.1) is 0 Å². The zero-order chi connectivity index (χ0) is 21.9. The van der Waals surface area contributed by atoms with E-state index in [1.165, 1.54) is 20.7 Å². The maximum Gasteiger partial charge on any atom is 0.243 e. The van der Waals surface area contributed by atoms with E-state index in [2.05, 4.69) is 10.2 Å². The molecule has 11 heteroatoms. The number of piperidine rings is 1. The van der Waals surface area contributed by atoms with Gasteiger partial charge in [0.2, 0.25) is 26.0 Å². The number of hydrogen-bond acceptors (Lipinski definition) is 6. The molecular formula is C19H30N4O5S2. The Morgan fingerprint density at radius 2 is 1.77 bits per heavy atom. The minimum absolute atomic E-state index is 0.119. The van der Waals surface area contributed by atoms with Gasteiger partial charge in [0.05, 0.1) is 11.2 Å². The maximum absolute atomic E-state index is 13.0. The lowest BCUT2D eigenvalue weighted by molar-refractivity contribution is -0.120. The fraction of sp³-hybridized carbons (Fsp3) is 0.632. The summed E-state index contributed by atoms with van der Waals surface area (Å²) in [5.41, 5.74) is 0.340. The Labute approximate surface area is 179 Å². The van der Waals surface area contributed by atoms with Gasteiger partial charge in [0, 0.05) is 38.4 Å². The summed E-state index contributed by atoms with van der Waals surface area (Å²) in [7, 11) is -7.16. The Balaban J connectivity index is 1.74. The number of likely N-dealkylation sites (N-methyl/N-ethyl adjacent to an activating group) is 1. The SMILES string of the molecule is CCN1CCN(S(=O)(=O)c2cccc(NC(=O)C3CCCCN3S(C)(=O)=O)c2)CC1. The van der Waals surface area contributed by atoms with Crippen molar-refractivity contribution in [1.29, 1.82) is 0 Å². The van der Waals surface area contributed by atoms with E-state index in [-0.39, 0.29) is 4.90 Å². The summed E-state index contributed by atoms with van der Waals surface area (Å²) >= 11 is 0. The number of carbonyl (C=O) groups excluding carboxylic acids is 1. The van der Waals surface area contributed by atoms with Crippen molar-refractivity contribution in [2.45, 2.75) is 37.1 Å². The second-order valence-electron chi connectivity index (χ2n) is 7.74. The molecule has 3 rings (SSSR count). The lowest BCUT2D eigenvalue weighted by Crippen LogP contribution is -2.49. The average Bonchev–Trinajstić information content (AvgIpc) is 2.73. The molecule has 0 radical (unpaired) electrons. The highest BCUT2D eigenvalue weighted by Gasteiger charge is 2.34. The molecule has 1 N–H and O–H groups in total. The summed E-state index contributed by atoms with van der Waals surface area (Å²) in [6, 6.07) is 5.36. The fourth-order valence-electron chi connectivity index (χ4n) is 3.96. The van der Waals surface area contributed by atoms with Gasteiger partial charge in [-0.05, 0) is 37.6 Å². The Morgan fingerprint density at radius 3 is 2.40 bits per heavy atom. The first-order valence-corrected chi connectivity index (χ1v) is 13.5. The standard InChI is InChI=1S/C19H30N4O5S2/c1-3-21-11-13-22(14-12-21)30(27,28)17-8-6-7-16(15-17)20-19(24)18-9-4-5-10-23(18)29(2,25)26/h6-8,15,18H,3-5,9-14H2,1-2H3,(H,20,24). The van der Waals surface area contributed by atoms with Crippen LogP contribution in [0.25, 0.3) is 0 Å². The molecule has 0 aromatic heterocycles. The summed E-state index contributed by atoms with van der Waals surface area (Å²) in [5, 5.41) is 2.71. The fourth-order valence-corrected chi connectivity index (χ4v) is 6.55. The van der Waals surface area contributed by atoms with Gasteiger partial charge < -0.3 is 10.2 Å². The third-order valence-electron chi connectivity index (χ3n) is 5.70. The molecule has 2 aliphatic rings. The first kappa shape index (κ1) is 23.1. The number of nitrogens with zero attached hydrogens (tertiary/aromatic N) is 3. The molecule has 1 unspecified atom stereocenters. The largest absolute Gasteiger partial charge is 0.325 e. The van der Waals surface area contributed by atoms with Gasteiger partial charge in [-0.1, -0.05) is 19.4 Å². The summed E-state index contributed by atoms with van der Waals surface area (Å²) in [5.74, 6) is -0.439. The summed E-state index contributed by atoms with van der Waals surface area (Å²) in [4.78, 5) is 15.1. The Bertz CT molecular complexity index is 972. The van der Waals surface area contributed by atoms with Gasteiger partial charge in [-0.2, -0.15) is 8.61 Å². The van der Waals surface area contributed by atoms with Crippen LogP contribution in [-0.2, 0) is 24.8 Å². The third-order valence-corrected chi connectivity index (χ3v) is 8.88. The van der Waals surface area contributed by atoms with E-state index < -0.39 is 32.0 Å². The van der Waals surface area contributed by atoms with Crippen LogP contribution >= 0.6 is 0 Å². The molecule has 9 nitrogen and oxygen atoms in total. The smallest absolute Gasteiger partial charge is 0.243 e. The monoisotopic (exact) mass is 458 g/mol. The van der Waals surface area contributed by atoms with Crippen molar-refractivity contribution >= 4 is 31.6 Å². The number of anilines is 1. The highest BCUT2D eigenvalue weighted by Crippen LogP contribution is 2.24. The van der Waals surface area contributed by atoms with E-state index in [1.54, 1.807) is 12.1 Å². The number of nitrogens with one attached hydrogen (secondary N) is 1. The molecule has 0 bridgehead atoms. The van der Waals surface area contributed by atoms with Gasteiger partial charge in [-0.15, -0.1) is 0 Å². The average molecular weight is 459 g/mol. The van der Waals surface area contributed by atoms with E-state index in [9.17, 15) is 21.6 Å². The molecule has 30 heavy (non-hydrogen) atoms. The summed E-state index contributed by atoms with van der Waals surface area (Å²) in [6.07, 6.45) is 3.03. The van der Waals surface area contributed by atoms with Crippen molar-refractivity contribution in [1.82, 2.24) is 13.5 Å². The predicted molar refractivity (Wildman–Crippen MR) is 115 cm³/mol. The number of amides is 1. The number of piperazine rings is 1. The molecule has 1 aromatic carbocycles. The molecular weight excluding hydrogens is 428 g/mol. The highest BCUT2D eigenvalue weighted by atomic mass is 32.2. The van der Waals surface area contributed by atoms with Crippen molar-refractivity contribution in [2.75, 3.05) is 50.8 Å². The Morgan fingerprint density at radius 1 is 1.07 bits per heavy atom. The zero-order valence-corrected chi connectivity index (χ0v) is 19.1. The van der Waals surface area contributed by atoms with E-state index in [0.29, 0.717) is 44.8 Å². The first-order valence-electron chi connectivity index (χ1n) is 10.2. The number of carbonyl (C=O) groups is 1. The van der Waals surface area contributed by atoms with Crippen LogP contribution in [0.4, 0.5) is 5.69 Å². The van der Waals surface area contributed by atoms with Gasteiger partial charge in [-0.25, -0.2) is 16.8 Å². The molecule has 2 heterocycles. The van der Waals surface area contributed by atoms with Crippen LogP contribution in [0.1, 0.15) is 26.2 Å². The predicted octanol–water partition coefficient (Wildman–Crippen LogP) is 0.765. The Hall–Kier alpha value is -1.53. The van der Waals surface area contributed by atoms with Crippen LogP contribution in [-0.4, -0.2) is 87.8 Å². The van der Waals surface area contributed by atoms with Gasteiger partial charge >= 0.3 is 0 Å². The molecule has 1 aromatic rings. The maximum atomic E-state index is 13.0. The van der Waals surface area contributed by atoms with Gasteiger partial charge in [0.15, 0.2) is 0 Å². The number of hydrogen-bond donors (Lipinski definition) is 1. The molecule has 1 amide bonds. The van der Waals surface area contributed by atoms with Gasteiger partial charge in [-0.3, -0.25) is 4.79 Å². The Kier molecular flexibility index (Phi) is 7.18. The molecule has 0 spiro atoms. The lowest BCUT2D eigenvalue weighted by atomic mass is 10.0. The molecule has 0 saturated carbocycles. The topological polar surface area (TPSA) is 107 Å². The highest BCUT2D eigenvalue weighted by molar-refractivity contribution is 7.89. The first-order chi connectivity index (χ1) is 14.1. The molecule has 2 fully saturated rings. The van der Waals surface area contributed by atoms with Crippen LogP contribution in [0.5, 0.6) is 0 Å². The summed E-state index contributed by atoms with van der Waals surface area (Å²) in [6.45, 7) is 5.49. The van der Waals surface area contributed by atoms with E-state index >= 15 is 0 Å². The molecule has 2 aliphatic heterocycles. The molecule has 168 valence electrons. The molecule has 1 atom stereocenters. The summed E-state index contributed by atoms with van der Waals surface area (Å²) < 4.78 is 52.7. The normalized spacial score (nSPS) is 22.7. The van der Waals surface area contributed by atoms with Gasteiger partial charge in [0.25, 0.3) is 0 Å². The lowest BCUT2D eigenvalue weighted by Gasteiger charge is -2.33. The van der Waals surface area contributed by atoms with Crippen molar-refractivity contribution in [3.8, 4) is 0 Å². The van der Waals surface area contributed by atoms with Crippen LogP contribution in [0.15, 0.2) is 29.2 Å². The third kappa shape index (κ3) is 5.20. The minimum atomic E-state index is -3.66. The van der Waals surface area contributed by atoms with E-state index in [4.69, 9.17) is 0 Å². The molecule has 2 saturated heterocycles. The van der Waals surface area contributed by atoms with Crippen LogP contribution < -0.4 is 5.32 Å². The second-order valence-corrected chi connectivity index (χ2v) is 11.6. The van der Waals surface area contributed by atoms with Crippen LogP contribution in [0.3, 0.4) is 0 Å². The minimum Gasteiger partial charge on any atom is -0.325 e. The van der Waals surface area contributed by atoms with Crippen LogP contribution in [0.2, 0.25) is 0 Å². The van der Waals surface area contributed by atoms with Crippen molar-refractivity contribution in [2.24, 2.45) is 0 Å². The second kappa shape index (κ2) is 9.31. The molecule has 0 aliphatic carbocycles.